The third-order valence-electron chi connectivity index (χ3n) is 2.79. The number of carboxylic acid groups (broad SMARTS) is 1. The quantitative estimate of drug-likeness (QED) is 0.856. The van der Waals surface area contributed by atoms with E-state index in [1.807, 2.05) is 4.90 Å². The van der Waals surface area contributed by atoms with Crippen LogP contribution in [0.1, 0.15) is 10.4 Å². The Hall–Kier alpha value is -1.75. The number of benzene rings is 1. The molecule has 0 spiro atoms. The lowest BCUT2D eigenvalue weighted by atomic mass is 10.1. The number of hydrogen-bond acceptors (Lipinski definition) is 4. The first kappa shape index (κ1) is 11.7. The third kappa shape index (κ3) is 2.50. The van der Waals surface area contributed by atoms with Gasteiger partial charge in [-0.15, -0.1) is 0 Å². The first-order chi connectivity index (χ1) is 8.22. The number of anilines is 1. The molecule has 0 atom stereocenters. The minimum atomic E-state index is -0.922. The molecule has 1 aliphatic heterocycles. The summed E-state index contributed by atoms with van der Waals surface area (Å²) in [7, 11) is 1.57. The van der Waals surface area contributed by atoms with Crippen LogP contribution in [0.4, 0.5) is 5.69 Å². The second-order valence-electron chi connectivity index (χ2n) is 3.79. The van der Waals surface area contributed by atoms with Crippen LogP contribution in [0.5, 0.6) is 5.75 Å². The second kappa shape index (κ2) is 5.05. The lowest BCUT2D eigenvalue weighted by Gasteiger charge is -2.30. The van der Waals surface area contributed by atoms with Gasteiger partial charge in [-0.1, -0.05) is 0 Å². The van der Waals surface area contributed by atoms with E-state index < -0.39 is 5.97 Å². The Bertz CT molecular complexity index is 413. The van der Waals surface area contributed by atoms with Gasteiger partial charge in [0.05, 0.1) is 31.6 Å². The van der Waals surface area contributed by atoms with Crippen molar-refractivity contribution >= 4 is 11.7 Å². The highest BCUT2D eigenvalue weighted by Gasteiger charge is 2.19. The van der Waals surface area contributed by atoms with E-state index in [9.17, 15) is 4.79 Å². The van der Waals surface area contributed by atoms with E-state index in [-0.39, 0.29) is 0 Å². The Morgan fingerprint density at radius 1 is 1.41 bits per heavy atom. The Balaban J connectivity index is 2.36. The summed E-state index contributed by atoms with van der Waals surface area (Å²) < 4.78 is 10.4. The molecule has 5 heteroatoms. The van der Waals surface area contributed by atoms with Crippen LogP contribution in [0.15, 0.2) is 18.2 Å². The minimum absolute atomic E-state index is 0.299. The molecular formula is C12H15NO4. The molecule has 0 unspecified atom stereocenters. The van der Waals surface area contributed by atoms with E-state index in [2.05, 4.69) is 0 Å². The molecule has 0 amide bonds. The van der Waals surface area contributed by atoms with Gasteiger partial charge in [0, 0.05) is 19.2 Å². The lowest BCUT2D eigenvalue weighted by molar-refractivity contribution is 0.0696. The first-order valence-corrected chi connectivity index (χ1v) is 5.46. The Labute approximate surface area is 99.6 Å². The zero-order valence-electron chi connectivity index (χ0n) is 9.68. The minimum Gasteiger partial charge on any atom is -0.497 e. The smallest absolute Gasteiger partial charge is 0.337 e. The summed E-state index contributed by atoms with van der Waals surface area (Å²) in [6, 6.07) is 4.99. The molecule has 1 saturated heterocycles. The number of aromatic carboxylic acids is 1. The maximum absolute atomic E-state index is 11.2. The molecular weight excluding hydrogens is 222 g/mol. The van der Waals surface area contributed by atoms with Crippen LogP contribution < -0.4 is 9.64 Å². The number of carboxylic acids is 1. The van der Waals surface area contributed by atoms with Gasteiger partial charge in [-0.25, -0.2) is 4.79 Å². The third-order valence-corrected chi connectivity index (χ3v) is 2.79. The van der Waals surface area contributed by atoms with Crippen molar-refractivity contribution < 1.29 is 19.4 Å². The number of hydrogen-bond donors (Lipinski definition) is 1. The monoisotopic (exact) mass is 237 g/mol. The average molecular weight is 237 g/mol. The predicted molar refractivity (Wildman–Crippen MR) is 63.0 cm³/mol. The molecule has 0 bridgehead atoms. The Morgan fingerprint density at radius 2 is 2.12 bits per heavy atom. The molecule has 0 radical (unpaired) electrons. The molecule has 2 rings (SSSR count). The highest BCUT2D eigenvalue weighted by atomic mass is 16.5. The summed E-state index contributed by atoms with van der Waals surface area (Å²) in [4.78, 5) is 13.2. The number of ether oxygens (including phenoxy) is 2. The van der Waals surface area contributed by atoms with Crippen molar-refractivity contribution in [3.8, 4) is 5.75 Å². The standard InChI is InChI=1S/C12H15NO4/c1-16-9-2-3-10(12(14)15)11(8-9)13-4-6-17-7-5-13/h2-3,8H,4-7H2,1H3,(H,14,15). The summed E-state index contributed by atoms with van der Waals surface area (Å²) >= 11 is 0. The molecule has 0 aromatic heterocycles. The molecule has 0 aliphatic carbocycles. The maximum atomic E-state index is 11.2. The van der Waals surface area contributed by atoms with E-state index in [1.165, 1.54) is 0 Å². The van der Waals surface area contributed by atoms with E-state index in [0.29, 0.717) is 43.3 Å². The van der Waals surface area contributed by atoms with Crippen molar-refractivity contribution in [2.24, 2.45) is 0 Å². The highest BCUT2D eigenvalue weighted by molar-refractivity contribution is 5.94. The van der Waals surface area contributed by atoms with Crippen molar-refractivity contribution in [3.63, 3.8) is 0 Å². The van der Waals surface area contributed by atoms with Crippen LogP contribution in [0, 0.1) is 0 Å². The molecule has 1 aromatic carbocycles. The second-order valence-corrected chi connectivity index (χ2v) is 3.79. The number of nitrogens with zero attached hydrogens (tertiary/aromatic N) is 1. The van der Waals surface area contributed by atoms with Crippen molar-refractivity contribution in [2.45, 2.75) is 0 Å². The van der Waals surface area contributed by atoms with Gasteiger partial charge in [-0.05, 0) is 12.1 Å². The van der Waals surface area contributed by atoms with Crippen LogP contribution in [0.2, 0.25) is 0 Å². The van der Waals surface area contributed by atoms with Crippen molar-refractivity contribution in [3.05, 3.63) is 23.8 Å². The van der Waals surface area contributed by atoms with E-state index in [0.717, 1.165) is 0 Å². The normalized spacial score (nSPS) is 15.7. The topological polar surface area (TPSA) is 59.0 Å². The van der Waals surface area contributed by atoms with Gasteiger partial charge in [-0.3, -0.25) is 0 Å². The molecule has 1 heterocycles. The fourth-order valence-corrected chi connectivity index (χ4v) is 1.89. The number of rotatable bonds is 3. The molecule has 0 saturated carbocycles. The summed E-state index contributed by atoms with van der Waals surface area (Å²) in [6.07, 6.45) is 0. The summed E-state index contributed by atoms with van der Waals surface area (Å²) in [5.41, 5.74) is 0.993. The van der Waals surface area contributed by atoms with Crippen molar-refractivity contribution in [1.29, 1.82) is 0 Å². The van der Waals surface area contributed by atoms with Crippen LogP contribution >= 0.6 is 0 Å². The van der Waals surface area contributed by atoms with Crippen molar-refractivity contribution in [1.82, 2.24) is 0 Å². The maximum Gasteiger partial charge on any atom is 0.337 e. The van der Waals surface area contributed by atoms with Gasteiger partial charge >= 0.3 is 5.97 Å². The van der Waals surface area contributed by atoms with Gasteiger partial charge < -0.3 is 19.5 Å². The van der Waals surface area contributed by atoms with E-state index in [1.54, 1.807) is 25.3 Å². The number of methoxy groups -OCH3 is 1. The molecule has 17 heavy (non-hydrogen) atoms. The largest absolute Gasteiger partial charge is 0.497 e. The van der Waals surface area contributed by atoms with Crippen molar-refractivity contribution in [2.75, 3.05) is 38.3 Å². The summed E-state index contributed by atoms with van der Waals surface area (Å²) in [6.45, 7) is 2.65. The fourth-order valence-electron chi connectivity index (χ4n) is 1.89. The van der Waals surface area contributed by atoms with E-state index in [4.69, 9.17) is 14.6 Å². The molecule has 1 aromatic rings. The van der Waals surface area contributed by atoms with Gasteiger partial charge in [-0.2, -0.15) is 0 Å². The van der Waals surface area contributed by atoms with Gasteiger partial charge in [0.1, 0.15) is 5.75 Å². The van der Waals surface area contributed by atoms with E-state index >= 15 is 0 Å². The highest BCUT2D eigenvalue weighted by Crippen LogP contribution is 2.26. The van der Waals surface area contributed by atoms with Crippen LogP contribution in [-0.4, -0.2) is 44.5 Å². The molecule has 1 fully saturated rings. The zero-order valence-corrected chi connectivity index (χ0v) is 9.68. The molecule has 1 N–H and O–H groups in total. The first-order valence-electron chi connectivity index (χ1n) is 5.46. The average Bonchev–Trinajstić information content (AvgIpc) is 2.39. The Kier molecular flexibility index (Phi) is 3.49. The van der Waals surface area contributed by atoms with Gasteiger partial charge in [0.15, 0.2) is 0 Å². The van der Waals surface area contributed by atoms with Gasteiger partial charge in [0.2, 0.25) is 0 Å². The van der Waals surface area contributed by atoms with Crippen LogP contribution in [-0.2, 0) is 4.74 Å². The summed E-state index contributed by atoms with van der Waals surface area (Å²) in [5, 5.41) is 9.16. The van der Waals surface area contributed by atoms with Gasteiger partial charge in [0.25, 0.3) is 0 Å². The van der Waals surface area contributed by atoms with Crippen LogP contribution in [0.25, 0.3) is 0 Å². The fraction of sp³-hybridized carbons (Fsp3) is 0.417. The lowest BCUT2D eigenvalue weighted by Crippen LogP contribution is -2.37. The molecule has 5 nitrogen and oxygen atoms in total. The molecule has 92 valence electrons. The molecule has 1 aliphatic rings. The summed E-state index contributed by atoms with van der Waals surface area (Å²) in [5.74, 6) is -0.259. The zero-order chi connectivity index (χ0) is 12.3. The predicted octanol–water partition coefficient (Wildman–Crippen LogP) is 1.23. The Morgan fingerprint density at radius 3 is 2.71 bits per heavy atom. The number of morpholine rings is 1. The SMILES string of the molecule is COc1ccc(C(=O)O)c(N2CCOCC2)c1. The van der Waals surface area contributed by atoms with Crippen LogP contribution in [0.3, 0.4) is 0 Å². The number of carbonyl (C=O) groups is 1.